The topological polar surface area (TPSA) is 125 Å². The van der Waals surface area contributed by atoms with Crippen molar-refractivity contribution in [2.45, 2.75) is 31.0 Å². The van der Waals surface area contributed by atoms with Crippen molar-refractivity contribution < 1.29 is 27.5 Å². The lowest BCUT2D eigenvalue weighted by atomic mass is 10.3. The lowest BCUT2D eigenvalue weighted by Crippen LogP contribution is -2.35. The fourth-order valence-corrected chi connectivity index (χ4v) is 3.14. The average Bonchev–Trinajstić information content (AvgIpc) is 2.63. The van der Waals surface area contributed by atoms with Crippen molar-refractivity contribution in [3.05, 3.63) is 52.5 Å². The quantitative estimate of drug-likeness (QED) is 0.611. The Hall–Kier alpha value is -2.33. The molecule has 3 N–H and O–H groups in total. The zero-order chi connectivity index (χ0) is 21.8. The normalized spacial score (nSPS) is 13.3. The van der Waals surface area contributed by atoms with Crippen molar-refractivity contribution in [2.24, 2.45) is 5.14 Å². The van der Waals surface area contributed by atoms with Crippen LogP contribution in [-0.4, -0.2) is 32.5 Å². The van der Waals surface area contributed by atoms with Gasteiger partial charge in [0, 0.05) is 10.7 Å². The summed E-state index contributed by atoms with van der Waals surface area (Å²) in [5, 5.41) is 8.14. The molecule has 0 spiro atoms. The van der Waals surface area contributed by atoms with Crippen LogP contribution in [-0.2, 0) is 24.3 Å². The van der Waals surface area contributed by atoms with Crippen molar-refractivity contribution in [2.75, 3.05) is 5.32 Å². The number of carbonyl (C=O) groups excluding carboxylic acids is 2. The summed E-state index contributed by atoms with van der Waals surface area (Å²) in [5.41, 5.74) is 0.182. The molecule has 0 aliphatic heterocycles. The molecule has 156 valence electrons. The summed E-state index contributed by atoms with van der Waals surface area (Å²) < 4.78 is 33.3. The van der Waals surface area contributed by atoms with Crippen LogP contribution < -0.4 is 15.2 Å². The Morgan fingerprint density at radius 2 is 1.76 bits per heavy atom. The largest absolute Gasteiger partial charge is 0.477 e. The second kappa shape index (κ2) is 9.45. The number of benzene rings is 2. The van der Waals surface area contributed by atoms with Gasteiger partial charge in [-0.3, -0.25) is 4.79 Å². The van der Waals surface area contributed by atoms with Crippen molar-refractivity contribution in [3.8, 4) is 5.75 Å². The Balaban J connectivity index is 1.97. The van der Waals surface area contributed by atoms with Gasteiger partial charge in [-0.25, -0.2) is 18.4 Å². The van der Waals surface area contributed by atoms with E-state index in [4.69, 9.17) is 37.8 Å². The van der Waals surface area contributed by atoms with Crippen LogP contribution in [0.15, 0.2) is 47.4 Å². The molecule has 29 heavy (non-hydrogen) atoms. The maximum atomic E-state index is 12.2. The zero-order valence-corrected chi connectivity index (χ0v) is 17.7. The van der Waals surface area contributed by atoms with Gasteiger partial charge in [-0.1, -0.05) is 29.3 Å². The second-order valence-corrected chi connectivity index (χ2v) is 8.38. The lowest BCUT2D eigenvalue weighted by molar-refractivity contribution is -0.159. The standard InChI is InChI=1S/C18H18Cl2N2O6S/c1-10(17(23)22-13-4-3-5-14(9-13)29(21,25)26)28-18(24)11(2)27-16-7-6-12(19)8-15(16)20/h3-11H,1-2H3,(H,22,23)(H2,21,25,26). The van der Waals surface area contributed by atoms with Gasteiger partial charge in [0.25, 0.3) is 5.91 Å². The Bertz CT molecular complexity index is 1030. The number of carbonyl (C=O) groups is 2. The van der Waals surface area contributed by atoms with Gasteiger partial charge < -0.3 is 14.8 Å². The summed E-state index contributed by atoms with van der Waals surface area (Å²) in [6, 6.07) is 9.87. The van der Waals surface area contributed by atoms with E-state index < -0.39 is 34.1 Å². The van der Waals surface area contributed by atoms with E-state index in [0.717, 1.165) is 0 Å². The van der Waals surface area contributed by atoms with E-state index in [1.54, 1.807) is 6.07 Å². The van der Waals surface area contributed by atoms with Crippen molar-refractivity contribution in [1.82, 2.24) is 0 Å². The number of esters is 1. The number of rotatable bonds is 7. The summed E-state index contributed by atoms with van der Waals surface area (Å²) >= 11 is 11.8. The van der Waals surface area contributed by atoms with Crippen LogP contribution in [0, 0.1) is 0 Å². The number of anilines is 1. The number of sulfonamides is 1. The summed E-state index contributed by atoms with van der Waals surface area (Å²) in [4.78, 5) is 24.3. The molecular weight excluding hydrogens is 443 g/mol. The van der Waals surface area contributed by atoms with E-state index in [2.05, 4.69) is 5.32 Å². The van der Waals surface area contributed by atoms with E-state index >= 15 is 0 Å². The predicted molar refractivity (Wildman–Crippen MR) is 109 cm³/mol. The first-order valence-corrected chi connectivity index (χ1v) is 10.5. The van der Waals surface area contributed by atoms with E-state index in [-0.39, 0.29) is 21.4 Å². The molecule has 0 bridgehead atoms. The van der Waals surface area contributed by atoms with Crippen molar-refractivity contribution in [1.29, 1.82) is 0 Å². The number of hydrogen-bond acceptors (Lipinski definition) is 6. The number of halogens is 2. The predicted octanol–water partition coefficient (Wildman–Crippen LogP) is 2.98. The maximum absolute atomic E-state index is 12.2. The van der Waals surface area contributed by atoms with Crippen LogP contribution in [0.2, 0.25) is 10.0 Å². The van der Waals surface area contributed by atoms with Gasteiger partial charge in [-0.05, 0) is 50.2 Å². The molecular formula is C18H18Cl2N2O6S. The number of amides is 1. The first-order valence-electron chi connectivity index (χ1n) is 8.23. The van der Waals surface area contributed by atoms with Gasteiger partial charge in [0.15, 0.2) is 12.2 Å². The second-order valence-electron chi connectivity index (χ2n) is 5.98. The molecule has 2 aromatic carbocycles. The summed E-state index contributed by atoms with van der Waals surface area (Å²) in [7, 11) is -3.92. The SMILES string of the molecule is CC(OC(=O)C(C)Oc1ccc(Cl)cc1Cl)C(=O)Nc1cccc(S(N)(=O)=O)c1. The monoisotopic (exact) mass is 460 g/mol. The van der Waals surface area contributed by atoms with Gasteiger partial charge in [0.1, 0.15) is 5.75 Å². The fraction of sp³-hybridized carbons (Fsp3) is 0.222. The molecule has 0 radical (unpaired) electrons. The van der Waals surface area contributed by atoms with Gasteiger partial charge in [0.2, 0.25) is 10.0 Å². The van der Waals surface area contributed by atoms with Crippen molar-refractivity contribution in [3.63, 3.8) is 0 Å². The minimum absolute atomic E-state index is 0.165. The maximum Gasteiger partial charge on any atom is 0.347 e. The van der Waals surface area contributed by atoms with Gasteiger partial charge in [0.05, 0.1) is 9.92 Å². The van der Waals surface area contributed by atoms with E-state index in [1.165, 1.54) is 50.2 Å². The third-order valence-electron chi connectivity index (χ3n) is 3.62. The van der Waals surface area contributed by atoms with Gasteiger partial charge >= 0.3 is 5.97 Å². The molecule has 0 saturated carbocycles. The van der Waals surface area contributed by atoms with Crippen molar-refractivity contribution >= 4 is 50.8 Å². The van der Waals surface area contributed by atoms with Gasteiger partial charge in [-0.15, -0.1) is 0 Å². The van der Waals surface area contributed by atoms with E-state index in [0.29, 0.717) is 5.02 Å². The van der Waals surface area contributed by atoms with E-state index in [9.17, 15) is 18.0 Å². The summed E-state index contributed by atoms with van der Waals surface area (Å²) in [5.74, 6) is -1.23. The Labute approximate surface area is 177 Å². The highest BCUT2D eigenvalue weighted by Gasteiger charge is 2.24. The molecule has 2 aromatic rings. The molecule has 0 aromatic heterocycles. The first-order chi connectivity index (χ1) is 13.5. The smallest absolute Gasteiger partial charge is 0.347 e. The number of nitrogens with two attached hydrogens (primary N) is 1. The molecule has 0 aliphatic rings. The molecule has 2 rings (SSSR count). The molecule has 0 saturated heterocycles. The molecule has 1 amide bonds. The molecule has 2 unspecified atom stereocenters. The number of hydrogen-bond donors (Lipinski definition) is 2. The number of primary sulfonamides is 1. The highest BCUT2D eigenvalue weighted by molar-refractivity contribution is 7.89. The first kappa shape index (κ1) is 23.0. The summed E-state index contributed by atoms with van der Waals surface area (Å²) in [6.07, 6.45) is -2.22. The Morgan fingerprint density at radius 1 is 1.07 bits per heavy atom. The highest BCUT2D eigenvalue weighted by atomic mass is 35.5. The van der Waals surface area contributed by atoms with Gasteiger partial charge in [-0.2, -0.15) is 0 Å². The van der Waals surface area contributed by atoms with Crippen LogP contribution in [0.1, 0.15) is 13.8 Å². The number of nitrogens with one attached hydrogen (secondary N) is 1. The molecule has 0 aliphatic carbocycles. The minimum atomic E-state index is -3.92. The Morgan fingerprint density at radius 3 is 2.38 bits per heavy atom. The van der Waals surface area contributed by atoms with E-state index in [1.807, 2.05) is 0 Å². The Kier molecular flexibility index (Phi) is 7.48. The molecule has 2 atom stereocenters. The van der Waals surface area contributed by atoms with Crippen LogP contribution in [0.5, 0.6) is 5.75 Å². The molecule has 0 fully saturated rings. The third-order valence-corrected chi connectivity index (χ3v) is 5.06. The number of ether oxygens (including phenoxy) is 2. The fourth-order valence-electron chi connectivity index (χ4n) is 2.13. The molecule has 8 nitrogen and oxygen atoms in total. The van der Waals surface area contributed by atoms with Crippen LogP contribution in [0.25, 0.3) is 0 Å². The molecule has 11 heteroatoms. The zero-order valence-electron chi connectivity index (χ0n) is 15.4. The minimum Gasteiger partial charge on any atom is -0.477 e. The van der Waals surface area contributed by atoms with Crippen LogP contribution >= 0.6 is 23.2 Å². The summed E-state index contributed by atoms with van der Waals surface area (Å²) in [6.45, 7) is 2.80. The average molecular weight is 461 g/mol. The molecule has 0 heterocycles. The lowest BCUT2D eigenvalue weighted by Gasteiger charge is -2.18. The van der Waals surface area contributed by atoms with Crippen LogP contribution in [0.4, 0.5) is 5.69 Å². The highest BCUT2D eigenvalue weighted by Crippen LogP contribution is 2.28. The third kappa shape index (κ3) is 6.60. The van der Waals surface area contributed by atoms with Crippen LogP contribution in [0.3, 0.4) is 0 Å².